The molecule has 1 fully saturated rings. The Morgan fingerprint density at radius 2 is 2.05 bits per heavy atom. The normalized spacial score (nSPS) is 18.0. The summed E-state index contributed by atoms with van der Waals surface area (Å²) in [4.78, 5) is 36.5. The molecule has 3 aromatic rings. The van der Waals surface area contributed by atoms with E-state index >= 15 is 0 Å². The summed E-state index contributed by atoms with van der Waals surface area (Å²) in [7, 11) is 0. The van der Waals surface area contributed by atoms with E-state index < -0.39 is 0 Å². The number of aromatic nitrogens is 3. The second-order valence-corrected chi connectivity index (χ2v) is 9.98. The van der Waals surface area contributed by atoms with Crippen LogP contribution in [0.4, 0.5) is 0 Å². The Kier molecular flexibility index (Phi) is 9.25. The van der Waals surface area contributed by atoms with Gasteiger partial charge >= 0.3 is 0 Å². The zero-order chi connectivity index (χ0) is 26.9. The van der Waals surface area contributed by atoms with Crippen LogP contribution < -0.4 is 11.1 Å². The van der Waals surface area contributed by atoms with Gasteiger partial charge < -0.3 is 16.0 Å². The van der Waals surface area contributed by atoms with Gasteiger partial charge in [-0.05, 0) is 55.2 Å². The highest BCUT2D eigenvalue weighted by molar-refractivity contribution is 5.86. The number of allylic oxidation sites excluding steroid dienone is 5. The number of hydrogen-bond acceptors (Lipinski definition) is 4. The number of pyridine rings is 1. The number of primary amides is 1. The van der Waals surface area contributed by atoms with Crippen molar-refractivity contribution < 1.29 is 9.59 Å². The number of carbonyl (C=O) groups excluding carboxylic acids is 2. The number of rotatable bonds is 14. The Morgan fingerprint density at radius 1 is 1.18 bits per heavy atom. The van der Waals surface area contributed by atoms with Crippen molar-refractivity contribution >= 4 is 22.6 Å². The summed E-state index contributed by atoms with van der Waals surface area (Å²) < 4.78 is 0. The number of amides is 2. The molecular formula is C31H37N5O2. The summed E-state index contributed by atoms with van der Waals surface area (Å²) in [6.45, 7) is 6.29. The van der Waals surface area contributed by atoms with E-state index in [1.165, 1.54) is 0 Å². The van der Waals surface area contributed by atoms with E-state index in [4.69, 9.17) is 10.7 Å². The number of aromatic amines is 1. The zero-order valence-corrected chi connectivity index (χ0v) is 22.0. The maximum absolute atomic E-state index is 13.0. The number of fused-ring (bicyclic) bond motifs is 1. The number of carbonyl (C=O) groups is 2. The minimum absolute atomic E-state index is 0.00742. The molecule has 0 bridgehead atoms. The number of unbranched alkanes of at least 4 members (excludes halogenated alkanes) is 2. The van der Waals surface area contributed by atoms with Crippen LogP contribution in [-0.4, -0.2) is 33.3 Å². The summed E-state index contributed by atoms with van der Waals surface area (Å²) in [6, 6.07) is 8.25. The van der Waals surface area contributed by atoms with Crippen LogP contribution in [0.3, 0.4) is 0 Å². The van der Waals surface area contributed by atoms with Gasteiger partial charge in [-0.15, -0.1) is 0 Å². The molecule has 4 rings (SSSR count). The molecule has 3 atom stereocenters. The number of nitrogens with two attached hydrogens (primary N) is 1. The topological polar surface area (TPSA) is 114 Å². The predicted molar refractivity (Wildman–Crippen MR) is 152 cm³/mol. The zero-order valence-electron chi connectivity index (χ0n) is 22.0. The average molecular weight is 512 g/mol. The summed E-state index contributed by atoms with van der Waals surface area (Å²) in [6.07, 6.45) is 18.0. The molecule has 1 saturated carbocycles. The first-order valence-electron chi connectivity index (χ1n) is 13.4. The molecule has 4 N–H and O–H groups in total. The van der Waals surface area contributed by atoms with Gasteiger partial charge in [0.1, 0.15) is 5.82 Å². The first-order valence-corrected chi connectivity index (χ1v) is 13.4. The largest absolute Gasteiger partial charge is 0.370 e. The lowest BCUT2D eigenvalue weighted by Gasteiger charge is -2.16. The van der Waals surface area contributed by atoms with Crippen molar-refractivity contribution in [3.63, 3.8) is 0 Å². The van der Waals surface area contributed by atoms with Crippen LogP contribution in [-0.2, 0) is 9.59 Å². The van der Waals surface area contributed by atoms with Gasteiger partial charge in [0.15, 0.2) is 0 Å². The first-order chi connectivity index (χ1) is 18.5. The van der Waals surface area contributed by atoms with Gasteiger partial charge in [0.2, 0.25) is 11.8 Å². The fraction of sp³-hybridized carbons (Fsp3) is 0.355. The van der Waals surface area contributed by atoms with Crippen molar-refractivity contribution in [3.8, 4) is 11.3 Å². The second kappa shape index (κ2) is 13.0. The molecule has 7 heteroatoms. The van der Waals surface area contributed by atoms with Crippen LogP contribution in [0.25, 0.3) is 22.0 Å². The minimum atomic E-state index is -0.267. The van der Waals surface area contributed by atoms with Crippen molar-refractivity contribution in [1.29, 1.82) is 0 Å². The third kappa shape index (κ3) is 7.06. The maximum Gasteiger partial charge on any atom is 0.223 e. The summed E-state index contributed by atoms with van der Waals surface area (Å²) >= 11 is 0. The van der Waals surface area contributed by atoms with Crippen LogP contribution in [0.5, 0.6) is 0 Å². The van der Waals surface area contributed by atoms with E-state index in [-0.39, 0.29) is 29.6 Å². The second-order valence-electron chi connectivity index (χ2n) is 9.98. The van der Waals surface area contributed by atoms with Gasteiger partial charge in [0.25, 0.3) is 0 Å². The standard InChI is InChI=1S/C31H37N5O2/c1-3-8-22(9-4-2)26-17-27(26)31(38)35-19-24(10-6-5-7-11-29(32)37)30-34-20-28(36-30)23-13-12-21-14-15-33-18-25(21)16-23/h3-4,8-9,12-16,18,20,24,26-27H,1,5-7,10-11,17,19H2,2H3,(H2,32,37)(H,34,36)(H,35,38). The fourth-order valence-corrected chi connectivity index (χ4v) is 4.98. The van der Waals surface area contributed by atoms with Crippen LogP contribution in [0, 0.1) is 11.8 Å². The minimum Gasteiger partial charge on any atom is -0.370 e. The number of nitrogens with zero attached hydrogens (tertiary/aromatic N) is 2. The Balaban J connectivity index is 1.43. The fourth-order valence-electron chi connectivity index (χ4n) is 4.98. The molecule has 38 heavy (non-hydrogen) atoms. The summed E-state index contributed by atoms with van der Waals surface area (Å²) in [5, 5.41) is 5.39. The molecule has 7 nitrogen and oxygen atoms in total. The number of hydrogen-bond donors (Lipinski definition) is 3. The van der Waals surface area contributed by atoms with E-state index in [0.29, 0.717) is 13.0 Å². The average Bonchev–Trinajstić information content (AvgIpc) is 3.57. The van der Waals surface area contributed by atoms with Gasteiger partial charge in [-0.2, -0.15) is 0 Å². The molecule has 1 aromatic carbocycles. The van der Waals surface area contributed by atoms with Crippen molar-refractivity contribution in [1.82, 2.24) is 20.3 Å². The van der Waals surface area contributed by atoms with Crippen molar-refractivity contribution in [3.05, 3.63) is 85.1 Å². The Bertz CT molecular complexity index is 1340. The SMILES string of the molecule is C=CC=C(C=CC)C1CC1C(=O)NCC(CCCCCC(N)=O)c1ncc(-c2ccc3ccncc3c2)[nH]1. The van der Waals surface area contributed by atoms with Crippen molar-refractivity contribution in [2.75, 3.05) is 6.54 Å². The molecule has 2 heterocycles. The molecule has 1 aliphatic rings. The summed E-state index contributed by atoms with van der Waals surface area (Å²) in [5.41, 5.74) is 8.41. The van der Waals surface area contributed by atoms with Crippen LogP contribution in [0.1, 0.15) is 57.2 Å². The Labute approximate surface area is 224 Å². The maximum atomic E-state index is 13.0. The highest BCUT2D eigenvalue weighted by Crippen LogP contribution is 2.45. The first kappa shape index (κ1) is 27.0. The van der Waals surface area contributed by atoms with Crippen molar-refractivity contribution in [2.45, 2.75) is 51.4 Å². The third-order valence-corrected chi connectivity index (χ3v) is 7.16. The molecule has 0 aliphatic heterocycles. The lowest BCUT2D eigenvalue weighted by atomic mass is 9.99. The highest BCUT2D eigenvalue weighted by Gasteiger charge is 2.44. The molecule has 1 aliphatic carbocycles. The van der Waals surface area contributed by atoms with E-state index in [0.717, 1.165) is 65.5 Å². The van der Waals surface area contributed by atoms with Gasteiger partial charge in [-0.3, -0.25) is 14.6 Å². The molecule has 0 spiro atoms. The van der Waals surface area contributed by atoms with Gasteiger partial charge in [-0.1, -0.05) is 55.9 Å². The molecule has 0 radical (unpaired) electrons. The number of imidazole rings is 1. The van der Waals surface area contributed by atoms with Gasteiger partial charge in [0, 0.05) is 48.1 Å². The molecule has 2 amide bonds. The van der Waals surface area contributed by atoms with Crippen molar-refractivity contribution in [2.24, 2.45) is 17.6 Å². The van der Waals surface area contributed by atoms with E-state index in [1.807, 2.05) is 37.5 Å². The highest BCUT2D eigenvalue weighted by atomic mass is 16.2. The molecular weight excluding hydrogens is 474 g/mol. The predicted octanol–water partition coefficient (Wildman–Crippen LogP) is 5.59. The molecule has 0 saturated heterocycles. The monoisotopic (exact) mass is 511 g/mol. The lowest BCUT2D eigenvalue weighted by Crippen LogP contribution is -2.30. The van der Waals surface area contributed by atoms with Gasteiger partial charge in [-0.25, -0.2) is 4.98 Å². The lowest BCUT2D eigenvalue weighted by molar-refractivity contribution is -0.122. The van der Waals surface area contributed by atoms with Gasteiger partial charge in [0.05, 0.1) is 11.9 Å². The van der Waals surface area contributed by atoms with E-state index in [1.54, 1.807) is 12.3 Å². The Morgan fingerprint density at radius 3 is 2.84 bits per heavy atom. The van der Waals surface area contributed by atoms with E-state index in [2.05, 4.69) is 46.1 Å². The number of benzene rings is 1. The molecule has 198 valence electrons. The molecule has 3 unspecified atom stereocenters. The third-order valence-electron chi connectivity index (χ3n) is 7.16. The summed E-state index contributed by atoms with van der Waals surface area (Å²) in [5.74, 6) is 0.953. The number of H-pyrrole nitrogens is 1. The Hall–Kier alpha value is -4.00. The van der Waals surface area contributed by atoms with Crippen LogP contribution >= 0.6 is 0 Å². The van der Waals surface area contributed by atoms with Crippen LogP contribution in [0.2, 0.25) is 0 Å². The number of nitrogens with one attached hydrogen (secondary N) is 2. The molecule has 2 aromatic heterocycles. The van der Waals surface area contributed by atoms with Crippen LogP contribution in [0.15, 0.2) is 79.3 Å². The van der Waals surface area contributed by atoms with E-state index in [9.17, 15) is 9.59 Å². The quantitative estimate of drug-likeness (QED) is 0.193. The smallest absolute Gasteiger partial charge is 0.223 e.